The van der Waals surface area contributed by atoms with Crippen molar-refractivity contribution >= 4 is 5.82 Å². The van der Waals surface area contributed by atoms with E-state index in [0.29, 0.717) is 0 Å². The Labute approximate surface area is 101 Å². The molecule has 2 heterocycles. The zero-order valence-corrected chi connectivity index (χ0v) is 10.1. The van der Waals surface area contributed by atoms with E-state index in [4.69, 9.17) is 0 Å². The Morgan fingerprint density at radius 2 is 2.06 bits per heavy atom. The molecular weight excluding hydrogens is 212 g/mol. The second kappa shape index (κ2) is 5.39. The molecule has 1 N–H and O–H groups in total. The highest BCUT2D eigenvalue weighted by molar-refractivity contribution is 5.62. The lowest BCUT2D eigenvalue weighted by Crippen LogP contribution is -2.03. The lowest BCUT2D eigenvalue weighted by atomic mass is 10.1. The second-order valence-corrected chi connectivity index (χ2v) is 3.91. The number of nitrogens with zero attached hydrogens (tertiary/aromatic N) is 3. The molecule has 17 heavy (non-hydrogen) atoms. The summed E-state index contributed by atoms with van der Waals surface area (Å²) in [5.74, 6) is 0.820. The van der Waals surface area contributed by atoms with Gasteiger partial charge in [0.25, 0.3) is 0 Å². The fourth-order valence-electron chi connectivity index (χ4n) is 1.59. The van der Waals surface area contributed by atoms with E-state index < -0.39 is 0 Å². The first-order chi connectivity index (χ1) is 8.31. The smallest absolute Gasteiger partial charge is 0.145 e. The molecule has 2 aromatic rings. The van der Waals surface area contributed by atoms with Crippen LogP contribution in [0.4, 0.5) is 5.82 Å². The Hall–Kier alpha value is -1.97. The molecule has 0 unspecified atom stereocenters. The topological polar surface area (TPSA) is 50.7 Å². The second-order valence-electron chi connectivity index (χ2n) is 3.91. The molecule has 88 valence electrons. The van der Waals surface area contributed by atoms with Crippen LogP contribution in [-0.4, -0.2) is 21.5 Å². The number of pyridine rings is 1. The van der Waals surface area contributed by atoms with Crippen molar-refractivity contribution in [3.63, 3.8) is 0 Å². The third kappa shape index (κ3) is 2.78. The predicted octanol–water partition coefficient (Wildman–Crippen LogP) is 2.67. The summed E-state index contributed by atoms with van der Waals surface area (Å²) in [6.07, 6.45) is 8.20. The first-order valence-corrected chi connectivity index (χ1v) is 5.78. The molecule has 0 aliphatic heterocycles. The third-order valence-corrected chi connectivity index (χ3v) is 2.49. The molecule has 0 saturated heterocycles. The first-order valence-electron chi connectivity index (χ1n) is 5.78. The van der Waals surface area contributed by atoms with Gasteiger partial charge in [0.05, 0.1) is 18.1 Å². The molecule has 0 fully saturated rings. The van der Waals surface area contributed by atoms with E-state index in [-0.39, 0.29) is 0 Å². The van der Waals surface area contributed by atoms with E-state index in [2.05, 4.69) is 27.2 Å². The summed E-state index contributed by atoms with van der Waals surface area (Å²) < 4.78 is 0. The molecule has 0 saturated carbocycles. The van der Waals surface area contributed by atoms with Gasteiger partial charge in [-0.3, -0.25) is 9.97 Å². The third-order valence-electron chi connectivity index (χ3n) is 2.49. The minimum Gasteiger partial charge on any atom is -0.369 e. The Morgan fingerprint density at radius 3 is 2.82 bits per heavy atom. The van der Waals surface area contributed by atoms with E-state index in [1.54, 1.807) is 18.6 Å². The van der Waals surface area contributed by atoms with Crippen LogP contribution in [0, 0.1) is 6.92 Å². The largest absolute Gasteiger partial charge is 0.369 e. The Balaban J connectivity index is 2.30. The maximum atomic E-state index is 4.54. The number of anilines is 1. The van der Waals surface area contributed by atoms with Gasteiger partial charge in [-0.1, -0.05) is 6.92 Å². The predicted molar refractivity (Wildman–Crippen MR) is 68.8 cm³/mol. The van der Waals surface area contributed by atoms with E-state index in [0.717, 1.165) is 35.6 Å². The van der Waals surface area contributed by atoms with Crippen molar-refractivity contribution in [3.05, 3.63) is 36.4 Å². The molecule has 2 rings (SSSR count). The van der Waals surface area contributed by atoms with Crippen LogP contribution in [0.25, 0.3) is 11.3 Å². The number of rotatable bonds is 4. The van der Waals surface area contributed by atoms with Crippen molar-refractivity contribution in [2.45, 2.75) is 20.3 Å². The molecule has 0 amide bonds. The number of aryl methyl sites for hydroxylation is 1. The lowest BCUT2D eigenvalue weighted by molar-refractivity contribution is 0.965. The summed E-state index contributed by atoms with van der Waals surface area (Å²) in [5, 5.41) is 3.23. The number of hydrogen-bond acceptors (Lipinski definition) is 4. The number of hydrogen-bond donors (Lipinski definition) is 1. The maximum absolute atomic E-state index is 4.54. The molecular formula is C13H16N4. The molecule has 0 radical (unpaired) electrons. The van der Waals surface area contributed by atoms with Crippen molar-refractivity contribution in [3.8, 4) is 11.3 Å². The van der Waals surface area contributed by atoms with Gasteiger partial charge in [-0.25, -0.2) is 4.98 Å². The average Bonchev–Trinajstić information content (AvgIpc) is 2.37. The van der Waals surface area contributed by atoms with Crippen molar-refractivity contribution in [2.75, 3.05) is 11.9 Å². The average molecular weight is 228 g/mol. The van der Waals surface area contributed by atoms with Gasteiger partial charge in [0.15, 0.2) is 0 Å². The van der Waals surface area contributed by atoms with Crippen LogP contribution in [0.3, 0.4) is 0 Å². The van der Waals surface area contributed by atoms with Crippen LogP contribution in [-0.2, 0) is 0 Å². The van der Waals surface area contributed by atoms with Crippen LogP contribution in [0.15, 0.2) is 30.9 Å². The van der Waals surface area contributed by atoms with Gasteiger partial charge in [0.2, 0.25) is 0 Å². The van der Waals surface area contributed by atoms with Gasteiger partial charge >= 0.3 is 0 Å². The summed E-state index contributed by atoms with van der Waals surface area (Å²) in [6.45, 7) is 5.06. The fourth-order valence-corrected chi connectivity index (χ4v) is 1.59. The van der Waals surface area contributed by atoms with Crippen molar-refractivity contribution in [1.82, 2.24) is 15.0 Å². The highest BCUT2D eigenvalue weighted by Gasteiger charge is 2.04. The number of nitrogens with one attached hydrogen (secondary N) is 1. The van der Waals surface area contributed by atoms with E-state index in [1.807, 2.05) is 19.2 Å². The van der Waals surface area contributed by atoms with Crippen LogP contribution >= 0.6 is 0 Å². The number of aromatic nitrogens is 3. The molecule has 0 aliphatic rings. The standard InChI is InChI=1S/C13H16N4/c1-3-5-16-13-9-15-8-12(17-13)11-4-6-14-7-10(11)2/h4,6-9H,3,5H2,1-2H3,(H,16,17). The highest BCUT2D eigenvalue weighted by Crippen LogP contribution is 2.20. The lowest BCUT2D eigenvalue weighted by Gasteiger charge is -2.07. The van der Waals surface area contributed by atoms with Gasteiger partial charge in [-0.15, -0.1) is 0 Å². The SMILES string of the molecule is CCCNc1cncc(-c2ccncc2C)n1. The molecule has 2 aromatic heterocycles. The fraction of sp³-hybridized carbons (Fsp3) is 0.308. The van der Waals surface area contributed by atoms with Crippen LogP contribution in [0.2, 0.25) is 0 Å². The van der Waals surface area contributed by atoms with Crippen LogP contribution in [0.1, 0.15) is 18.9 Å². The van der Waals surface area contributed by atoms with Gasteiger partial charge in [0, 0.05) is 24.5 Å². The van der Waals surface area contributed by atoms with Crippen molar-refractivity contribution in [2.24, 2.45) is 0 Å². The molecule has 0 atom stereocenters. The first kappa shape index (κ1) is 11.5. The Kier molecular flexibility index (Phi) is 3.65. The minimum atomic E-state index is 0.820. The quantitative estimate of drug-likeness (QED) is 0.874. The van der Waals surface area contributed by atoms with Gasteiger partial charge < -0.3 is 5.32 Å². The molecule has 0 aromatic carbocycles. The summed E-state index contributed by atoms with van der Waals surface area (Å²) in [4.78, 5) is 12.8. The maximum Gasteiger partial charge on any atom is 0.145 e. The van der Waals surface area contributed by atoms with E-state index in [1.165, 1.54) is 0 Å². The zero-order valence-electron chi connectivity index (χ0n) is 10.1. The van der Waals surface area contributed by atoms with Crippen molar-refractivity contribution < 1.29 is 0 Å². The summed E-state index contributed by atoms with van der Waals surface area (Å²) in [7, 11) is 0. The zero-order chi connectivity index (χ0) is 12.1. The van der Waals surface area contributed by atoms with Gasteiger partial charge in [-0.2, -0.15) is 0 Å². The molecule has 0 bridgehead atoms. The molecule has 4 nitrogen and oxygen atoms in total. The van der Waals surface area contributed by atoms with Crippen LogP contribution < -0.4 is 5.32 Å². The van der Waals surface area contributed by atoms with E-state index in [9.17, 15) is 0 Å². The Bertz CT molecular complexity index is 496. The molecule has 0 spiro atoms. The summed E-state index contributed by atoms with van der Waals surface area (Å²) >= 11 is 0. The monoisotopic (exact) mass is 228 g/mol. The minimum absolute atomic E-state index is 0.820. The summed E-state index contributed by atoms with van der Waals surface area (Å²) in [5.41, 5.74) is 3.06. The highest BCUT2D eigenvalue weighted by atomic mass is 15.0. The van der Waals surface area contributed by atoms with Gasteiger partial charge in [-0.05, 0) is 25.0 Å². The summed E-state index contributed by atoms with van der Waals surface area (Å²) in [6, 6.07) is 1.96. The van der Waals surface area contributed by atoms with Crippen LogP contribution in [0.5, 0.6) is 0 Å². The molecule has 0 aliphatic carbocycles. The molecule has 4 heteroatoms. The normalized spacial score (nSPS) is 10.2. The Morgan fingerprint density at radius 1 is 1.18 bits per heavy atom. The van der Waals surface area contributed by atoms with E-state index >= 15 is 0 Å². The van der Waals surface area contributed by atoms with Crippen molar-refractivity contribution in [1.29, 1.82) is 0 Å². The van der Waals surface area contributed by atoms with Gasteiger partial charge in [0.1, 0.15) is 5.82 Å².